The Morgan fingerprint density at radius 3 is 2.68 bits per heavy atom. The van der Waals surface area contributed by atoms with Crippen molar-refractivity contribution in [3.63, 3.8) is 0 Å². The summed E-state index contributed by atoms with van der Waals surface area (Å²) < 4.78 is 1.73. The fourth-order valence-electron chi connectivity index (χ4n) is 2.49. The number of nitrogens with one attached hydrogen (secondary N) is 1. The number of aromatic nitrogens is 3. The lowest BCUT2D eigenvalue weighted by atomic mass is 9.76. The standard InChI is InChI=1S/C14H17ClN4/c1-19-9-17-14(18-19)8-16-13-6-11(7-13)10-2-4-12(15)5-3-10/h2-5,9,11,13,16H,6-8H2,1H3. The maximum Gasteiger partial charge on any atom is 0.164 e. The summed E-state index contributed by atoms with van der Waals surface area (Å²) in [6.45, 7) is 0.749. The van der Waals surface area contributed by atoms with Crippen LogP contribution in [-0.2, 0) is 13.6 Å². The topological polar surface area (TPSA) is 42.7 Å². The first-order chi connectivity index (χ1) is 9.20. The van der Waals surface area contributed by atoms with Crippen molar-refractivity contribution < 1.29 is 0 Å². The minimum atomic E-state index is 0.574. The molecule has 0 unspecified atom stereocenters. The fraction of sp³-hybridized carbons (Fsp3) is 0.429. The van der Waals surface area contributed by atoms with Crippen molar-refractivity contribution in [2.24, 2.45) is 7.05 Å². The van der Waals surface area contributed by atoms with Gasteiger partial charge in [-0.25, -0.2) is 4.98 Å². The van der Waals surface area contributed by atoms with Crippen LogP contribution >= 0.6 is 11.6 Å². The van der Waals surface area contributed by atoms with Gasteiger partial charge in [-0.2, -0.15) is 5.10 Å². The second-order valence-corrected chi connectivity index (χ2v) is 5.57. The molecule has 2 aromatic rings. The van der Waals surface area contributed by atoms with Gasteiger partial charge in [-0.05, 0) is 36.5 Å². The molecular formula is C14H17ClN4. The van der Waals surface area contributed by atoms with E-state index in [9.17, 15) is 0 Å². The summed E-state index contributed by atoms with van der Waals surface area (Å²) in [7, 11) is 1.89. The lowest BCUT2D eigenvalue weighted by Gasteiger charge is -2.36. The van der Waals surface area contributed by atoms with Gasteiger partial charge in [-0.1, -0.05) is 23.7 Å². The first kappa shape index (κ1) is 12.6. The molecule has 1 aliphatic rings. The van der Waals surface area contributed by atoms with Crippen LogP contribution in [0.2, 0.25) is 5.02 Å². The molecule has 1 heterocycles. The molecule has 0 amide bonds. The Morgan fingerprint density at radius 1 is 1.32 bits per heavy atom. The summed E-state index contributed by atoms with van der Waals surface area (Å²) >= 11 is 5.90. The minimum absolute atomic E-state index is 0.574. The SMILES string of the molecule is Cn1cnc(CNC2CC(c3ccc(Cl)cc3)C2)n1. The van der Waals surface area contributed by atoms with E-state index in [1.54, 1.807) is 11.0 Å². The average Bonchev–Trinajstić information content (AvgIpc) is 2.75. The number of benzene rings is 1. The van der Waals surface area contributed by atoms with Crippen molar-refractivity contribution in [2.75, 3.05) is 0 Å². The van der Waals surface area contributed by atoms with E-state index in [0.717, 1.165) is 17.4 Å². The number of rotatable bonds is 4. The van der Waals surface area contributed by atoms with Gasteiger partial charge in [-0.15, -0.1) is 0 Å². The molecule has 0 radical (unpaired) electrons. The maximum absolute atomic E-state index is 5.90. The minimum Gasteiger partial charge on any atom is -0.307 e. The van der Waals surface area contributed by atoms with Crippen LogP contribution < -0.4 is 5.32 Å². The van der Waals surface area contributed by atoms with Gasteiger partial charge >= 0.3 is 0 Å². The summed E-state index contributed by atoms with van der Waals surface area (Å²) in [6, 6.07) is 8.77. The molecule has 3 rings (SSSR count). The van der Waals surface area contributed by atoms with Crippen LogP contribution in [-0.4, -0.2) is 20.8 Å². The Kier molecular flexibility index (Phi) is 3.53. The van der Waals surface area contributed by atoms with E-state index in [1.807, 2.05) is 19.2 Å². The van der Waals surface area contributed by atoms with Crippen LogP contribution in [0.3, 0.4) is 0 Å². The molecular weight excluding hydrogens is 260 g/mol. The highest BCUT2D eigenvalue weighted by molar-refractivity contribution is 6.30. The second kappa shape index (κ2) is 5.31. The highest BCUT2D eigenvalue weighted by Gasteiger charge is 2.29. The van der Waals surface area contributed by atoms with Crippen molar-refractivity contribution >= 4 is 11.6 Å². The van der Waals surface area contributed by atoms with Gasteiger partial charge in [0.1, 0.15) is 6.33 Å². The smallest absolute Gasteiger partial charge is 0.164 e. The van der Waals surface area contributed by atoms with E-state index < -0.39 is 0 Å². The molecule has 0 aliphatic heterocycles. The van der Waals surface area contributed by atoms with Crippen LogP contribution in [0.25, 0.3) is 0 Å². The number of hydrogen-bond acceptors (Lipinski definition) is 3. The van der Waals surface area contributed by atoms with Gasteiger partial charge in [-0.3, -0.25) is 4.68 Å². The number of hydrogen-bond donors (Lipinski definition) is 1. The molecule has 0 spiro atoms. The summed E-state index contributed by atoms with van der Waals surface area (Å²) in [5.41, 5.74) is 1.39. The van der Waals surface area contributed by atoms with E-state index in [-0.39, 0.29) is 0 Å². The highest BCUT2D eigenvalue weighted by atomic mass is 35.5. The summed E-state index contributed by atoms with van der Waals surface area (Å²) in [5, 5.41) is 8.56. The van der Waals surface area contributed by atoms with E-state index in [2.05, 4.69) is 27.5 Å². The van der Waals surface area contributed by atoms with Gasteiger partial charge in [0.15, 0.2) is 5.82 Å². The molecule has 100 valence electrons. The summed E-state index contributed by atoms with van der Waals surface area (Å²) in [6.07, 6.45) is 4.08. The van der Waals surface area contributed by atoms with E-state index >= 15 is 0 Å². The van der Waals surface area contributed by atoms with Gasteiger partial charge in [0.05, 0.1) is 6.54 Å². The third-order valence-electron chi connectivity index (χ3n) is 3.68. The quantitative estimate of drug-likeness (QED) is 0.933. The molecule has 4 nitrogen and oxygen atoms in total. The monoisotopic (exact) mass is 276 g/mol. The van der Waals surface area contributed by atoms with Crippen molar-refractivity contribution in [1.29, 1.82) is 0 Å². The number of halogens is 1. The largest absolute Gasteiger partial charge is 0.307 e. The molecule has 1 aliphatic carbocycles. The van der Waals surface area contributed by atoms with E-state index in [0.29, 0.717) is 12.0 Å². The molecule has 1 fully saturated rings. The summed E-state index contributed by atoms with van der Waals surface area (Å²) in [5.74, 6) is 1.52. The van der Waals surface area contributed by atoms with Gasteiger partial charge in [0.25, 0.3) is 0 Å². The Labute approximate surface area is 117 Å². The molecule has 0 saturated heterocycles. The fourth-order valence-corrected chi connectivity index (χ4v) is 2.62. The molecule has 1 aromatic heterocycles. The zero-order chi connectivity index (χ0) is 13.2. The van der Waals surface area contributed by atoms with Crippen LogP contribution in [0.1, 0.15) is 30.1 Å². The highest BCUT2D eigenvalue weighted by Crippen LogP contribution is 2.37. The molecule has 19 heavy (non-hydrogen) atoms. The van der Waals surface area contributed by atoms with Crippen molar-refractivity contribution in [3.8, 4) is 0 Å². The Hall–Kier alpha value is -1.39. The van der Waals surface area contributed by atoms with Crippen LogP contribution in [0, 0.1) is 0 Å². The summed E-state index contributed by atoms with van der Waals surface area (Å²) in [4.78, 5) is 4.21. The molecule has 1 aromatic carbocycles. The normalized spacial score (nSPS) is 22.2. The lowest BCUT2D eigenvalue weighted by Crippen LogP contribution is -2.39. The molecule has 5 heteroatoms. The Balaban J connectivity index is 1.46. The molecule has 1 saturated carbocycles. The molecule has 0 bridgehead atoms. The third-order valence-corrected chi connectivity index (χ3v) is 3.93. The average molecular weight is 277 g/mol. The van der Waals surface area contributed by atoms with Crippen molar-refractivity contribution in [1.82, 2.24) is 20.1 Å². The first-order valence-electron chi connectivity index (χ1n) is 6.54. The van der Waals surface area contributed by atoms with Crippen molar-refractivity contribution in [2.45, 2.75) is 31.3 Å². The Morgan fingerprint density at radius 2 is 2.05 bits per heavy atom. The lowest BCUT2D eigenvalue weighted by molar-refractivity contribution is 0.287. The molecule has 1 N–H and O–H groups in total. The van der Waals surface area contributed by atoms with Crippen LogP contribution in [0.5, 0.6) is 0 Å². The number of aryl methyl sites for hydroxylation is 1. The van der Waals surface area contributed by atoms with Crippen molar-refractivity contribution in [3.05, 3.63) is 47.0 Å². The predicted octanol–water partition coefficient (Wildman–Crippen LogP) is 2.50. The van der Waals surface area contributed by atoms with Gasteiger partial charge < -0.3 is 5.32 Å². The zero-order valence-corrected chi connectivity index (χ0v) is 11.6. The first-order valence-corrected chi connectivity index (χ1v) is 6.92. The maximum atomic E-state index is 5.90. The van der Waals surface area contributed by atoms with Crippen LogP contribution in [0.4, 0.5) is 0 Å². The second-order valence-electron chi connectivity index (χ2n) is 5.13. The third kappa shape index (κ3) is 2.96. The molecule has 0 atom stereocenters. The zero-order valence-electron chi connectivity index (χ0n) is 10.9. The Bertz CT molecular complexity index is 543. The van der Waals surface area contributed by atoms with Gasteiger partial charge in [0.2, 0.25) is 0 Å². The van der Waals surface area contributed by atoms with E-state index in [4.69, 9.17) is 11.6 Å². The predicted molar refractivity (Wildman–Crippen MR) is 75.1 cm³/mol. The van der Waals surface area contributed by atoms with Gasteiger partial charge in [0, 0.05) is 18.1 Å². The van der Waals surface area contributed by atoms with Crippen LogP contribution in [0.15, 0.2) is 30.6 Å². The van der Waals surface area contributed by atoms with E-state index in [1.165, 1.54) is 18.4 Å². The number of nitrogens with zero attached hydrogens (tertiary/aromatic N) is 3.